The highest BCUT2D eigenvalue weighted by Crippen LogP contribution is 2.16. The molecule has 0 atom stereocenters. The molecule has 5 heteroatoms. The van der Waals surface area contributed by atoms with Crippen molar-refractivity contribution in [2.45, 2.75) is 0 Å². The van der Waals surface area contributed by atoms with Crippen LogP contribution in [0.4, 0.5) is 11.6 Å². The zero-order chi connectivity index (χ0) is 8.27. The van der Waals surface area contributed by atoms with E-state index in [0.717, 1.165) is 11.6 Å². The molecule has 5 nitrogen and oxygen atoms in total. The van der Waals surface area contributed by atoms with Gasteiger partial charge in [0, 0.05) is 21.1 Å². The third-order valence-electron chi connectivity index (χ3n) is 1.48. The van der Waals surface area contributed by atoms with Crippen molar-refractivity contribution < 1.29 is 0 Å². The van der Waals surface area contributed by atoms with E-state index in [2.05, 4.69) is 21.0 Å². The van der Waals surface area contributed by atoms with Gasteiger partial charge < -0.3 is 16.1 Å². The molecule has 1 heterocycles. The Balaban J connectivity index is 2.99. The highest BCUT2D eigenvalue weighted by molar-refractivity contribution is 5.59. The molecule has 0 amide bonds. The fourth-order valence-corrected chi connectivity index (χ4v) is 0.940. The zero-order valence-corrected chi connectivity index (χ0v) is 6.97. The molecular formula is C6H13N5. The molecule has 0 bridgehead atoms. The van der Waals surface area contributed by atoms with Crippen LogP contribution in [0.1, 0.15) is 0 Å². The monoisotopic (exact) mass is 155 g/mol. The number of rotatable bonds is 3. The van der Waals surface area contributed by atoms with E-state index in [-0.39, 0.29) is 0 Å². The van der Waals surface area contributed by atoms with Crippen LogP contribution < -0.4 is 16.1 Å². The zero-order valence-electron chi connectivity index (χ0n) is 6.97. The summed E-state index contributed by atoms with van der Waals surface area (Å²) in [5, 5.41) is 5.99. The van der Waals surface area contributed by atoms with Crippen LogP contribution in [-0.4, -0.2) is 30.8 Å². The van der Waals surface area contributed by atoms with Crippen LogP contribution in [0.25, 0.3) is 0 Å². The summed E-state index contributed by atoms with van der Waals surface area (Å²) in [4.78, 5) is 4.10. The van der Waals surface area contributed by atoms with Crippen LogP contribution in [-0.2, 0) is 0 Å². The Bertz CT molecular complexity index is 207. The van der Waals surface area contributed by atoms with E-state index in [4.69, 9.17) is 0 Å². The number of nitrogens with zero attached hydrogens (tertiary/aromatic N) is 2. The van der Waals surface area contributed by atoms with Crippen molar-refractivity contribution in [1.82, 2.24) is 9.66 Å². The Labute approximate surface area is 65.8 Å². The summed E-state index contributed by atoms with van der Waals surface area (Å²) in [7, 11) is 5.52. The molecule has 0 aliphatic heterocycles. The van der Waals surface area contributed by atoms with Gasteiger partial charge in [-0.15, -0.1) is 0 Å². The number of anilines is 2. The highest BCUT2D eigenvalue weighted by Gasteiger charge is 2.04. The summed E-state index contributed by atoms with van der Waals surface area (Å²) >= 11 is 0. The standard InChI is InChI=1S/C6H13N5/c1-7-5-6(8-2)11(9-3)4-10-5/h4,7-9H,1-3H3. The SMILES string of the molecule is CNc1ncn(NC)c1NC. The third kappa shape index (κ3) is 1.21. The van der Waals surface area contributed by atoms with Gasteiger partial charge in [-0.1, -0.05) is 0 Å². The van der Waals surface area contributed by atoms with Gasteiger partial charge in [-0.25, -0.2) is 9.66 Å². The molecule has 0 spiro atoms. The lowest BCUT2D eigenvalue weighted by Gasteiger charge is -2.06. The molecule has 0 aliphatic rings. The molecule has 1 aromatic heterocycles. The molecule has 0 fully saturated rings. The van der Waals surface area contributed by atoms with Gasteiger partial charge >= 0.3 is 0 Å². The topological polar surface area (TPSA) is 53.9 Å². The first-order valence-corrected chi connectivity index (χ1v) is 3.44. The molecule has 0 aromatic carbocycles. The van der Waals surface area contributed by atoms with Crippen molar-refractivity contribution in [3.63, 3.8) is 0 Å². The van der Waals surface area contributed by atoms with Gasteiger partial charge in [-0.2, -0.15) is 0 Å². The van der Waals surface area contributed by atoms with Gasteiger partial charge in [-0.05, 0) is 0 Å². The van der Waals surface area contributed by atoms with Crippen LogP contribution in [0.15, 0.2) is 6.33 Å². The fraction of sp³-hybridized carbons (Fsp3) is 0.500. The van der Waals surface area contributed by atoms with Gasteiger partial charge in [-0.3, -0.25) is 0 Å². The summed E-state index contributed by atoms with van der Waals surface area (Å²) in [6, 6.07) is 0. The Hall–Kier alpha value is -1.39. The van der Waals surface area contributed by atoms with Crippen LogP contribution in [0, 0.1) is 0 Å². The van der Waals surface area contributed by atoms with Crippen LogP contribution in [0.3, 0.4) is 0 Å². The molecule has 0 saturated heterocycles. The average molecular weight is 155 g/mol. The van der Waals surface area contributed by atoms with E-state index < -0.39 is 0 Å². The maximum Gasteiger partial charge on any atom is 0.170 e. The second kappa shape index (κ2) is 3.14. The van der Waals surface area contributed by atoms with E-state index in [1.807, 2.05) is 21.1 Å². The third-order valence-corrected chi connectivity index (χ3v) is 1.48. The van der Waals surface area contributed by atoms with E-state index in [1.54, 1.807) is 11.0 Å². The number of hydrogen-bond acceptors (Lipinski definition) is 4. The number of imidazole rings is 1. The van der Waals surface area contributed by atoms with Crippen molar-refractivity contribution >= 4 is 11.6 Å². The molecule has 11 heavy (non-hydrogen) atoms. The number of aromatic nitrogens is 2. The Kier molecular flexibility index (Phi) is 2.20. The quantitative estimate of drug-likeness (QED) is 0.581. The summed E-state index contributed by atoms with van der Waals surface area (Å²) in [5.41, 5.74) is 2.95. The summed E-state index contributed by atoms with van der Waals surface area (Å²) in [5.74, 6) is 1.76. The Morgan fingerprint density at radius 1 is 1.27 bits per heavy atom. The lowest BCUT2D eigenvalue weighted by molar-refractivity contribution is 0.927. The van der Waals surface area contributed by atoms with Gasteiger partial charge in [0.25, 0.3) is 0 Å². The Morgan fingerprint density at radius 2 is 2.00 bits per heavy atom. The molecule has 0 aliphatic carbocycles. The first kappa shape index (κ1) is 7.71. The molecule has 0 radical (unpaired) electrons. The molecule has 62 valence electrons. The summed E-state index contributed by atoms with van der Waals surface area (Å²) in [6.07, 6.45) is 1.71. The van der Waals surface area contributed by atoms with Crippen LogP contribution in [0.2, 0.25) is 0 Å². The minimum absolute atomic E-state index is 0.835. The largest absolute Gasteiger partial charge is 0.370 e. The smallest absolute Gasteiger partial charge is 0.170 e. The first-order valence-electron chi connectivity index (χ1n) is 3.44. The maximum absolute atomic E-state index is 4.10. The van der Waals surface area contributed by atoms with Gasteiger partial charge in [0.05, 0.1) is 0 Å². The highest BCUT2D eigenvalue weighted by atomic mass is 15.5. The molecule has 1 rings (SSSR count). The minimum Gasteiger partial charge on any atom is -0.370 e. The van der Waals surface area contributed by atoms with Crippen LogP contribution >= 0.6 is 0 Å². The average Bonchev–Trinajstić information content (AvgIpc) is 2.45. The number of hydrogen-bond donors (Lipinski definition) is 3. The second-order valence-corrected chi connectivity index (χ2v) is 2.04. The molecule has 0 saturated carbocycles. The van der Waals surface area contributed by atoms with Crippen molar-refractivity contribution in [3.05, 3.63) is 6.33 Å². The van der Waals surface area contributed by atoms with Gasteiger partial charge in [0.2, 0.25) is 0 Å². The fourth-order valence-electron chi connectivity index (χ4n) is 0.940. The lowest BCUT2D eigenvalue weighted by Crippen LogP contribution is -2.11. The predicted octanol–water partition coefficient (Wildman–Crippen LogP) is 0.140. The number of nitrogens with one attached hydrogen (secondary N) is 3. The lowest BCUT2D eigenvalue weighted by atomic mass is 10.6. The molecule has 3 N–H and O–H groups in total. The summed E-state index contributed by atoms with van der Waals surface area (Å²) < 4.78 is 1.80. The van der Waals surface area contributed by atoms with Crippen LogP contribution in [0.5, 0.6) is 0 Å². The second-order valence-electron chi connectivity index (χ2n) is 2.04. The van der Waals surface area contributed by atoms with Gasteiger partial charge in [0.1, 0.15) is 6.33 Å². The molecular weight excluding hydrogens is 142 g/mol. The van der Waals surface area contributed by atoms with Gasteiger partial charge in [0.15, 0.2) is 11.6 Å². The van der Waals surface area contributed by atoms with Crippen molar-refractivity contribution in [2.75, 3.05) is 37.2 Å². The van der Waals surface area contributed by atoms with Crippen molar-refractivity contribution in [2.24, 2.45) is 0 Å². The van der Waals surface area contributed by atoms with E-state index in [1.165, 1.54) is 0 Å². The van der Waals surface area contributed by atoms with E-state index >= 15 is 0 Å². The van der Waals surface area contributed by atoms with Crippen molar-refractivity contribution in [3.8, 4) is 0 Å². The first-order chi connectivity index (χ1) is 5.33. The minimum atomic E-state index is 0.835. The molecule has 0 unspecified atom stereocenters. The maximum atomic E-state index is 4.10. The Morgan fingerprint density at radius 3 is 2.45 bits per heavy atom. The normalized spacial score (nSPS) is 9.36. The summed E-state index contributed by atoms with van der Waals surface area (Å²) in [6.45, 7) is 0. The van der Waals surface area contributed by atoms with Crippen molar-refractivity contribution in [1.29, 1.82) is 0 Å². The van der Waals surface area contributed by atoms with E-state index in [9.17, 15) is 0 Å². The predicted molar refractivity (Wildman–Crippen MR) is 46.6 cm³/mol. The van der Waals surface area contributed by atoms with E-state index in [0.29, 0.717) is 0 Å². The molecule has 1 aromatic rings.